The quantitative estimate of drug-likeness (QED) is 0.0462. The van der Waals surface area contributed by atoms with Crippen LogP contribution >= 0.6 is 0 Å². The molecule has 16 nitrogen and oxygen atoms in total. The van der Waals surface area contributed by atoms with Gasteiger partial charge in [-0.2, -0.15) is 0 Å². The highest BCUT2D eigenvalue weighted by atomic mass is 16.4. The van der Waals surface area contributed by atoms with Crippen molar-refractivity contribution in [2.45, 2.75) is 70.1 Å². The Kier molecular flexibility index (Phi) is 16.0. The first-order valence-electron chi connectivity index (χ1n) is 11.9. The van der Waals surface area contributed by atoms with E-state index in [0.29, 0.717) is 12.8 Å². The lowest BCUT2D eigenvalue weighted by molar-refractivity contribution is -0.143. The van der Waals surface area contributed by atoms with Crippen LogP contribution in [0.25, 0.3) is 0 Å². The Morgan fingerprint density at radius 2 is 1.19 bits per heavy atom. The topological polar surface area (TPSA) is 300 Å². The van der Waals surface area contributed by atoms with Crippen molar-refractivity contribution in [3.63, 3.8) is 0 Å². The Bertz CT molecular complexity index is 814. The summed E-state index contributed by atoms with van der Waals surface area (Å²) in [4.78, 5) is 57.4. The third-order valence-corrected chi connectivity index (χ3v) is 5.51. The number of carboxylic acid groups (broad SMARTS) is 1. The average Bonchev–Trinajstić information content (AvgIpc) is 2.83. The van der Waals surface area contributed by atoms with Crippen molar-refractivity contribution in [1.29, 1.82) is 0 Å². The van der Waals surface area contributed by atoms with E-state index in [1.165, 1.54) is 0 Å². The molecule has 0 saturated heterocycles. The van der Waals surface area contributed by atoms with E-state index >= 15 is 0 Å². The summed E-state index contributed by atoms with van der Waals surface area (Å²) in [5, 5.41) is 25.7. The third kappa shape index (κ3) is 13.9. The van der Waals surface area contributed by atoms with Gasteiger partial charge < -0.3 is 54.8 Å². The summed E-state index contributed by atoms with van der Waals surface area (Å²) in [6.45, 7) is 3.16. The number of guanidine groups is 2. The second kappa shape index (κ2) is 17.7. The maximum atomic E-state index is 13.1. The van der Waals surface area contributed by atoms with Crippen LogP contribution in [0.2, 0.25) is 0 Å². The van der Waals surface area contributed by atoms with E-state index in [9.17, 15) is 24.3 Å². The van der Waals surface area contributed by atoms with E-state index in [4.69, 9.17) is 33.8 Å². The zero-order valence-corrected chi connectivity index (χ0v) is 21.4. The van der Waals surface area contributed by atoms with E-state index in [0.717, 1.165) is 0 Å². The van der Waals surface area contributed by atoms with Gasteiger partial charge in [0.25, 0.3) is 0 Å². The lowest BCUT2D eigenvalue weighted by atomic mass is 9.98. The number of carbonyl (C=O) groups excluding carboxylic acids is 3. The molecule has 0 aliphatic carbocycles. The molecule has 3 amide bonds. The van der Waals surface area contributed by atoms with Crippen molar-refractivity contribution < 1.29 is 29.4 Å². The fourth-order valence-electron chi connectivity index (χ4n) is 3.06. The van der Waals surface area contributed by atoms with Crippen LogP contribution < -0.4 is 44.6 Å². The highest BCUT2D eigenvalue weighted by Gasteiger charge is 2.30. The molecule has 0 fully saturated rings. The molecule has 0 aromatic carbocycles. The summed E-state index contributed by atoms with van der Waals surface area (Å²) >= 11 is 0. The van der Waals surface area contributed by atoms with Crippen molar-refractivity contribution in [2.24, 2.45) is 44.6 Å². The van der Waals surface area contributed by atoms with Crippen LogP contribution in [0, 0.1) is 5.92 Å². The number of nitrogens with two attached hydrogens (primary N) is 5. The third-order valence-electron chi connectivity index (χ3n) is 5.51. The fraction of sp³-hybridized carbons (Fsp3) is 0.714. The molecule has 16 heteroatoms. The summed E-state index contributed by atoms with van der Waals surface area (Å²) in [7, 11) is 0. The average molecular weight is 531 g/mol. The largest absolute Gasteiger partial charge is 0.480 e. The molecule has 0 aromatic rings. The first-order chi connectivity index (χ1) is 17.3. The minimum absolute atomic E-state index is 0.0349. The highest BCUT2D eigenvalue weighted by Crippen LogP contribution is 2.08. The summed E-state index contributed by atoms with van der Waals surface area (Å²) in [5.74, 6) is -3.98. The molecule has 37 heavy (non-hydrogen) atoms. The number of aliphatic hydroxyl groups is 1. The Labute approximate surface area is 215 Å². The molecule has 0 aliphatic heterocycles. The molecular weight excluding hydrogens is 488 g/mol. The molecule has 212 valence electrons. The lowest BCUT2D eigenvalue weighted by Gasteiger charge is -2.26. The highest BCUT2D eigenvalue weighted by molar-refractivity contribution is 5.94. The van der Waals surface area contributed by atoms with E-state index in [2.05, 4.69) is 25.9 Å². The number of hydrogen-bond acceptors (Lipinski definition) is 8. The first-order valence-corrected chi connectivity index (χ1v) is 11.9. The van der Waals surface area contributed by atoms with Crippen LogP contribution in [0.4, 0.5) is 0 Å². The standard InChI is InChI=1S/C21H42N10O6/c1-3-11(2)15(22)18(35)30-13(7-5-9-28-21(25)26)16(33)29-12(6-4-8-27-20(23)24)17(34)31-14(10-32)19(36)37/h11-15,32H,3-10,22H2,1-2H3,(H,29,33)(H,30,35)(H,31,34)(H,36,37)(H4,23,24,27)(H4,25,26,28). The second-order valence-electron chi connectivity index (χ2n) is 8.51. The van der Waals surface area contributed by atoms with Gasteiger partial charge >= 0.3 is 5.97 Å². The normalized spacial score (nSPS) is 14.7. The van der Waals surface area contributed by atoms with Gasteiger partial charge in [0.2, 0.25) is 17.7 Å². The lowest BCUT2D eigenvalue weighted by Crippen LogP contribution is -2.58. The number of aliphatic imine (C=N–C) groups is 2. The van der Waals surface area contributed by atoms with Gasteiger partial charge in [-0.05, 0) is 31.6 Å². The number of amides is 3. The number of rotatable bonds is 18. The zero-order valence-electron chi connectivity index (χ0n) is 21.4. The maximum Gasteiger partial charge on any atom is 0.328 e. The monoisotopic (exact) mass is 530 g/mol. The van der Waals surface area contributed by atoms with Gasteiger partial charge in [0.15, 0.2) is 11.9 Å². The Balaban J connectivity index is 5.68. The maximum absolute atomic E-state index is 13.1. The molecule has 0 rings (SSSR count). The molecule has 0 bridgehead atoms. The smallest absolute Gasteiger partial charge is 0.328 e. The van der Waals surface area contributed by atoms with E-state index in [1.54, 1.807) is 6.92 Å². The van der Waals surface area contributed by atoms with E-state index < -0.39 is 54.5 Å². The van der Waals surface area contributed by atoms with Crippen LogP contribution in [0.1, 0.15) is 46.0 Å². The second-order valence-corrected chi connectivity index (χ2v) is 8.51. The Morgan fingerprint density at radius 3 is 1.54 bits per heavy atom. The number of carboxylic acids is 1. The van der Waals surface area contributed by atoms with Crippen molar-refractivity contribution >= 4 is 35.6 Å². The molecular formula is C21H42N10O6. The molecule has 0 spiro atoms. The van der Waals surface area contributed by atoms with Gasteiger partial charge in [-0.1, -0.05) is 20.3 Å². The van der Waals surface area contributed by atoms with Crippen molar-refractivity contribution in [2.75, 3.05) is 19.7 Å². The van der Waals surface area contributed by atoms with E-state index in [-0.39, 0.29) is 50.2 Å². The summed E-state index contributed by atoms with van der Waals surface area (Å²) in [5.41, 5.74) is 27.2. The number of aliphatic hydroxyl groups excluding tert-OH is 1. The van der Waals surface area contributed by atoms with Crippen LogP contribution in [-0.2, 0) is 19.2 Å². The SMILES string of the molecule is CCC(C)C(N)C(=O)NC(CCCN=C(N)N)C(=O)NC(CCCN=C(N)N)C(=O)NC(CO)C(=O)O. The van der Waals surface area contributed by atoms with E-state index in [1.807, 2.05) is 6.92 Å². The van der Waals surface area contributed by atoms with Gasteiger partial charge in [0, 0.05) is 13.1 Å². The minimum atomic E-state index is -1.58. The Morgan fingerprint density at radius 1 is 0.784 bits per heavy atom. The van der Waals surface area contributed by atoms with Crippen molar-refractivity contribution in [3.05, 3.63) is 0 Å². The zero-order chi connectivity index (χ0) is 28.5. The predicted molar refractivity (Wildman–Crippen MR) is 138 cm³/mol. The van der Waals surface area contributed by atoms with Gasteiger partial charge in [-0.25, -0.2) is 4.79 Å². The summed E-state index contributed by atoms with van der Waals surface area (Å²) in [6, 6.07) is -4.74. The number of nitrogens with one attached hydrogen (secondary N) is 3. The van der Waals surface area contributed by atoms with Crippen LogP contribution in [-0.4, -0.2) is 89.7 Å². The molecule has 5 unspecified atom stereocenters. The van der Waals surface area contributed by atoms with Crippen LogP contribution in [0.15, 0.2) is 9.98 Å². The molecule has 15 N–H and O–H groups in total. The molecule has 0 aromatic heterocycles. The van der Waals surface area contributed by atoms with Crippen LogP contribution in [0.3, 0.4) is 0 Å². The molecule has 0 saturated carbocycles. The van der Waals surface area contributed by atoms with Gasteiger partial charge in [0.05, 0.1) is 12.6 Å². The van der Waals surface area contributed by atoms with Crippen molar-refractivity contribution in [3.8, 4) is 0 Å². The number of hydrogen-bond donors (Lipinski definition) is 10. The number of nitrogens with zero attached hydrogens (tertiary/aromatic N) is 2. The van der Waals surface area contributed by atoms with Crippen molar-refractivity contribution in [1.82, 2.24) is 16.0 Å². The minimum Gasteiger partial charge on any atom is -0.480 e. The Hall–Kier alpha value is -3.66. The molecule has 5 atom stereocenters. The summed E-state index contributed by atoms with van der Waals surface area (Å²) in [6.07, 6.45) is 1.38. The molecule has 0 heterocycles. The van der Waals surface area contributed by atoms with Gasteiger partial charge in [-0.15, -0.1) is 0 Å². The number of aliphatic carboxylic acids is 1. The van der Waals surface area contributed by atoms with Gasteiger partial charge in [-0.3, -0.25) is 24.4 Å². The molecule has 0 radical (unpaired) electrons. The predicted octanol–water partition coefficient (Wildman–Crippen LogP) is -4.00. The molecule has 0 aliphatic rings. The van der Waals surface area contributed by atoms with Gasteiger partial charge in [0.1, 0.15) is 18.1 Å². The first kappa shape index (κ1) is 33.3. The fourth-order valence-corrected chi connectivity index (χ4v) is 3.06. The number of carbonyl (C=O) groups is 4. The summed E-state index contributed by atoms with van der Waals surface area (Å²) < 4.78 is 0. The van der Waals surface area contributed by atoms with Crippen LogP contribution in [0.5, 0.6) is 0 Å².